The Labute approximate surface area is 136 Å². The van der Waals surface area contributed by atoms with Gasteiger partial charge in [-0.25, -0.2) is 14.8 Å². The lowest BCUT2D eigenvalue weighted by molar-refractivity contribution is -0.137. The van der Waals surface area contributed by atoms with E-state index in [1.54, 1.807) is 19.2 Å². The lowest BCUT2D eigenvalue weighted by Crippen LogP contribution is -2.23. The van der Waals surface area contributed by atoms with Gasteiger partial charge < -0.3 is 10.1 Å². The molecule has 1 aromatic rings. The maximum atomic E-state index is 11.5. The largest absolute Gasteiger partial charge is 0.463 e. The second kappa shape index (κ2) is 8.78. The monoisotopic (exact) mass is 321 g/mol. The van der Waals surface area contributed by atoms with Crippen LogP contribution >= 0.6 is 11.8 Å². The molecular formula is C16H23N3O2S. The molecule has 0 aliphatic heterocycles. The molecule has 6 heteroatoms. The summed E-state index contributed by atoms with van der Waals surface area (Å²) in [5.41, 5.74) is 0.816. The third-order valence-corrected chi connectivity index (χ3v) is 4.17. The molecule has 1 saturated carbocycles. The maximum absolute atomic E-state index is 11.5. The van der Waals surface area contributed by atoms with Gasteiger partial charge in [0.25, 0.3) is 0 Å². The third-order valence-electron chi connectivity index (χ3n) is 3.61. The highest BCUT2D eigenvalue weighted by atomic mass is 32.2. The standard InChI is InChI=1S/C16H23N3O2S/c1-3-21-14(20)10-9-12-11-17-16(22-2)19-15(12)18-13-7-5-4-6-8-13/h9-11,13H,3-8H2,1-2H3,(H,17,18,19)/b10-9+. The minimum absolute atomic E-state index is 0.347. The second-order valence-electron chi connectivity index (χ2n) is 5.23. The van der Waals surface area contributed by atoms with Crippen molar-refractivity contribution in [1.29, 1.82) is 0 Å². The van der Waals surface area contributed by atoms with Crippen molar-refractivity contribution in [2.24, 2.45) is 0 Å². The fraction of sp³-hybridized carbons (Fsp3) is 0.562. The molecule has 0 spiro atoms. The van der Waals surface area contributed by atoms with Crippen LogP contribution in [0.1, 0.15) is 44.6 Å². The number of aromatic nitrogens is 2. The Morgan fingerprint density at radius 2 is 2.23 bits per heavy atom. The highest BCUT2D eigenvalue weighted by Crippen LogP contribution is 2.24. The molecule has 0 amide bonds. The molecule has 0 aromatic carbocycles. The molecule has 5 nitrogen and oxygen atoms in total. The first-order chi connectivity index (χ1) is 10.7. The number of esters is 1. The molecule has 2 rings (SSSR count). The average molecular weight is 321 g/mol. The highest BCUT2D eigenvalue weighted by molar-refractivity contribution is 7.98. The van der Waals surface area contributed by atoms with Crippen LogP contribution in [0.4, 0.5) is 5.82 Å². The van der Waals surface area contributed by atoms with Crippen molar-refractivity contribution in [2.75, 3.05) is 18.2 Å². The SMILES string of the molecule is CCOC(=O)/C=C/c1cnc(SC)nc1NC1CCCCC1. The highest BCUT2D eigenvalue weighted by Gasteiger charge is 2.15. The summed E-state index contributed by atoms with van der Waals surface area (Å²) < 4.78 is 4.91. The van der Waals surface area contributed by atoms with Gasteiger partial charge in [-0.2, -0.15) is 0 Å². The van der Waals surface area contributed by atoms with Crippen LogP contribution in [0.25, 0.3) is 6.08 Å². The number of ether oxygens (including phenoxy) is 1. The lowest BCUT2D eigenvalue weighted by atomic mass is 9.95. The molecule has 1 aliphatic carbocycles. The van der Waals surface area contributed by atoms with E-state index in [0.29, 0.717) is 12.6 Å². The van der Waals surface area contributed by atoms with E-state index in [-0.39, 0.29) is 5.97 Å². The van der Waals surface area contributed by atoms with E-state index in [4.69, 9.17) is 4.74 Å². The molecule has 0 bridgehead atoms. The summed E-state index contributed by atoms with van der Waals surface area (Å²) in [6.07, 6.45) is 13.0. The normalized spacial score (nSPS) is 15.9. The van der Waals surface area contributed by atoms with E-state index in [1.165, 1.54) is 49.9 Å². The molecule has 1 N–H and O–H groups in total. The first kappa shape index (κ1) is 16.8. The predicted molar refractivity (Wildman–Crippen MR) is 90.0 cm³/mol. The Morgan fingerprint density at radius 3 is 2.91 bits per heavy atom. The van der Waals surface area contributed by atoms with E-state index in [1.807, 2.05) is 6.26 Å². The minimum atomic E-state index is -0.347. The van der Waals surface area contributed by atoms with Crippen LogP contribution in [0.3, 0.4) is 0 Å². The molecule has 0 saturated heterocycles. The van der Waals surface area contributed by atoms with Gasteiger partial charge in [-0.05, 0) is 32.1 Å². The maximum Gasteiger partial charge on any atom is 0.330 e. The number of nitrogens with zero attached hydrogens (tertiary/aromatic N) is 2. The number of hydrogen-bond donors (Lipinski definition) is 1. The van der Waals surface area contributed by atoms with Gasteiger partial charge in [0.2, 0.25) is 0 Å². The topological polar surface area (TPSA) is 64.1 Å². The van der Waals surface area contributed by atoms with Crippen LogP contribution in [0, 0.1) is 0 Å². The van der Waals surface area contributed by atoms with Crippen molar-refractivity contribution in [3.05, 3.63) is 17.8 Å². The Kier molecular flexibility index (Phi) is 6.71. The molecule has 1 heterocycles. The zero-order valence-corrected chi connectivity index (χ0v) is 14.0. The molecule has 120 valence electrons. The van der Waals surface area contributed by atoms with Gasteiger partial charge in [-0.3, -0.25) is 0 Å². The zero-order chi connectivity index (χ0) is 15.8. The van der Waals surface area contributed by atoms with Crippen LogP contribution in [0.2, 0.25) is 0 Å². The summed E-state index contributed by atoms with van der Waals surface area (Å²) in [6, 6.07) is 0.452. The molecule has 22 heavy (non-hydrogen) atoms. The van der Waals surface area contributed by atoms with E-state index >= 15 is 0 Å². The predicted octanol–water partition coefficient (Wildman–Crippen LogP) is 3.52. The van der Waals surface area contributed by atoms with Gasteiger partial charge in [0.15, 0.2) is 5.16 Å². The van der Waals surface area contributed by atoms with E-state index in [2.05, 4.69) is 15.3 Å². The van der Waals surface area contributed by atoms with Gasteiger partial charge >= 0.3 is 5.97 Å². The Balaban J connectivity index is 2.14. The van der Waals surface area contributed by atoms with Crippen LogP contribution in [0.15, 0.2) is 17.4 Å². The lowest BCUT2D eigenvalue weighted by Gasteiger charge is -2.24. The van der Waals surface area contributed by atoms with Gasteiger partial charge in [0.1, 0.15) is 5.82 Å². The van der Waals surface area contributed by atoms with Crippen LogP contribution in [-0.2, 0) is 9.53 Å². The van der Waals surface area contributed by atoms with Gasteiger partial charge in [-0.15, -0.1) is 0 Å². The molecule has 0 unspecified atom stereocenters. The molecule has 0 atom stereocenters. The van der Waals surface area contributed by atoms with Crippen molar-refractivity contribution in [3.63, 3.8) is 0 Å². The van der Waals surface area contributed by atoms with Gasteiger partial charge in [-0.1, -0.05) is 31.0 Å². The zero-order valence-electron chi connectivity index (χ0n) is 13.2. The molecular weight excluding hydrogens is 298 g/mol. The van der Waals surface area contributed by atoms with Gasteiger partial charge in [0, 0.05) is 23.9 Å². The molecule has 1 fully saturated rings. The Morgan fingerprint density at radius 1 is 1.45 bits per heavy atom. The van der Waals surface area contributed by atoms with Crippen LogP contribution in [-0.4, -0.2) is 34.8 Å². The number of rotatable bonds is 6. The van der Waals surface area contributed by atoms with Gasteiger partial charge in [0.05, 0.1) is 6.61 Å². The molecule has 1 aromatic heterocycles. The quantitative estimate of drug-likeness (QED) is 0.374. The number of carbonyl (C=O) groups is 1. The fourth-order valence-electron chi connectivity index (χ4n) is 2.50. The minimum Gasteiger partial charge on any atom is -0.463 e. The van der Waals surface area contributed by atoms with Crippen molar-refractivity contribution >= 4 is 29.6 Å². The smallest absolute Gasteiger partial charge is 0.330 e. The molecule has 1 aliphatic rings. The van der Waals surface area contributed by atoms with Crippen LogP contribution < -0.4 is 5.32 Å². The van der Waals surface area contributed by atoms with Crippen LogP contribution in [0.5, 0.6) is 0 Å². The summed E-state index contributed by atoms with van der Waals surface area (Å²) in [6.45, 7) is 2.16. The van der Waals surface area contributed by atoms with E-state index < -0.39 is 0 Å². The van der Waals surface area contributed by atoms with Crippen molar-refractivity contribution < 1.29 is 9.53 Å². The average Bonchev–Trinajstić information content (AvgIpc) is 2.55. The number of anilines is 1. The van der Waals surface area contributed by atoms with Crippen molar-refractivity contribution in [2.45, 2.75) is 50.2 Å². The second-order valence-corrected chi connectivity index (χ2v) is 6.00. The number of thioether (sulfide) groups is 1. The summed E-state index contributed by atoms with van der Waals surface area (Å²) in [4.78, 5) is 20.3. The summed E-state index contributed by atoms with van der Waals surface area (Å²) >= 11 is 1.51. The summed E-state index contributed by atoms with van der Waals surface area (Å²) in [5.74, 6) is 0.451. The summed E-state index contributed by atoms with van der Waals surface area (Å²) in [5, 5.41) is 4.24. The van der Waals surface area contributed by atoms with Crippen molar-refractivity contribution in [3.8, 4) is 0 Å². The first-order valence-corrected chi connectivity index (χ1v) is 8.97. The van der Waals surface area contributed by atoms with Crippen molar-refractivity contribution in [1.82, 2.24) is 9.97 Å². The number of nitrogens with one attached hydrogen (secondary N) is 1. The number of hydrogen-bond acceptors (Lipinski definition) is 6. The Bertz CT molecular complexity index is 528. The third kappa shape index (κ3) is 5.02. The van der Waals surface area contributed by atoms with E-state index in [9.17, 15) is 4.79 Å². The van der Waals surface area contributed by atoms with E-state index in [0.717, 1.165) is 16.5 Å². The fourth-order valence-corrected chi connectivity index (χ4v) is 2.84. The summed E-state index contributed by atoms with van der Waals surface area (Å²) in [7, 11) is 0. The first-order valence-electron chi connectivity index (χ1n) is 7.75. The Hall–Kier alpha value is -1.56. The molecule has 0 radical (unpaired) electrons. The number of carbonyl (C=O) groups excluding carboxylic acids is 1.